The number of imide groups is 1. The van der Waals surface area contributed by atoms with E-state index >= 15 is 0 Å². The third kappa shape index (κ3) is 2.33. The Bertz CT molecular complexity index is 496. The van der Waals surface area contributed by atoms with Crippen LogP contribution in [0.3, 0.4) is 0 Å². The molecule has 0 unspecified atom stereocenters. The van der Waals surface area contributed by atoms with Gasteiger partial charge in [0.1, 0.15) is 6.04 Å². The Morgan fingerprint density at radius 3 is 2.28 bits per heavy atom. The highest BCUT2D eigenvalue weighted by molar-refractivity contribution is 7.81. The van der Waals surface area contributed by atoms with Crippen molar-refractivity contribution >= 4 is 41.9 Å². The number of carbonyl (C=O) groups is 2. The molecule has 1 aliphatic rings. The number of benzene rings is 1. The Kier molecular flexibility index (Phi) is 3.29. The number of anilines is 1. The molecule has 1 atom stereocenters. The zero-order valence-electron chi connectivity index (χ0n) is 9.98. The summed E-state index contributed by atoms with van der Waals surface area (Å²) in [7, 11) is 0. The highest BCUT2D eigenvalue weighted by Crippen LogP contribution is 2.27. The first-order chi connectivity index (χ1) is 8.30. The average Bonchev–Trinajstić information content (AvgIpc) is 2.56. The van der Waals surface area contributed by atoms with E-state index in [2.05, 4.69) is 17.9 Å². The molecule has 18 heavy (non-hydrogen) atoms. The molecule has 0 aromatic heterocycles. The number of rotatable bonds is 2. The van der Waals surface area contributed by atoms with Crippen molar-refractivity contribution in [3.63, 3.8) is 0 Å². The largest absolute Gasteiger partial charge is 0.329 e. The van der Waals surface area contributed by atoms with Crippen LogP contribution in [0.4, 0.5) is 10.5 Å². The van der Waals surface area contributed by atoms with Gasteiger partial charge < -0.3 is 5.32 Å². The number of urea groups is 1. The maximum atomic E-state index is 12.2. The highest BCUT2D eigenvalue weighted by atomic mass is 35.5. The van der Waals surface area contributed by atoms with Crippen molar-refractivity contribution in [3.8, 4) is 0 Å². The number of nitrogens with one attached hydrogen (secondary N) is 1. The fourth-order valence-corrected chi connectivity index (χ4v) is 2.09. The smallest absolute Gasteiger partial charge is 0.324 e. The summed E-state index contributed by atoms with van der Waals surface area (Å²) in [5, 5.41) is 3.19. The van der Waals surface area contributed by atoms with Crippen LogP contribution in [-0.4, -0.2) is 22.7 Å². The van der Waals surface area contributed by atoms with Gasteiger partial charge in [-0.2, -0.15) is 12.6 Å². The number of nitrogens with zero attached hydrogens (tertiary/aromatic N) is 1. The summed E-state index contributed by atoms with van der Waals surface area (Å²) in [5.41, 5.74) is 0.502. The molecular formula is C12H13ClN2O2S. The molecule has 6 heteroatoms. The first-order valence-electron chi connectivity index (χ1n) is 5.43. The Morgan fingerprint density at radius 2 is 1.83 bits per heavy atom. The van der Waals surface area contributed by atoms with E-state index in [1.54, 1.807) is 38.1 Å². The number of hydrogen-bond donors (Lipinski definition) is 2. The molecule has 0 radical (unpaired) electrons. The molecule has 1 N–H and O–H groups in total. The maximum absolute atomic E-state index is 12.2. The molecule has 1 fully saturated rings. The standard InChI is InChI=1S/C12H13ClN2O2S/c1-12(2,18)9-10(16)15(11(17)14-9)8-5-3-7(13)4-6-8/h3-6,9,18H,1-2H3,(H,14,17)/t9-/m1/s1. The lowest BCUT2D eigenvalue weighted by Gasteiger charge is -2.23. The van der Waals surface area contributed by atoms with Gasteiger partial charge >= 0.3 is 6.03 Å². The number of carbonyl (C=O) groups excluding carboxylic acids is 2. The number of hydrogen-bond acceptors (Lipinski definition) is 3. The minimum absolute atomic E-state index is 0.303. The molecule has 0 aliphatic carbocycles. The second kappa shape index (κ2) is 4.48. The van der Waals surface area contributed by atoms with Crippen LogP contribution in [-0.2, 0) is 4.79 Å². The van der Waals surface area contributed by atoms with Crippen LogP contribution in [0.25, 0.3) is 0 Å². The fourth-order valence-electron chi connectivity index (χ4n) is 1.79. The van der Waals surface area contributed by atoms with Crippen molar-refractivity contribution in [2.45, 2.75) is 24.6 Å². The van der Waals surface area contributed by atoms with Gasteiger partial charge in [0.05, 0.1) is 5.69 Å². The van der Waals surface area contributed by atoms with Gasteiger partial charge in [-0.1, -0.05) is 11.6 Å². The topological polar surface area (TPSA) is 49.4 Å². The minimum atomic E-state index is -0.635. The number of amides is 3. The molecule has 2 rings (SSSR count). The molecule has 1 aliphatic heterocycles. The summed E-state index contributed by atoms with van der Waals surface area (Å²) in [6.07, 6.45) is 0. The van der Waals surface area contributed by atoms with Crippen molar-refractivity contribution in [2.75, 3.05) is 4.90 Å². The van der Waals surface area contributed by atoms with Crippen LogP contribution in [0.2, 0.25) is 5.02 Å². The number of thiol groups is 1. The lowest BCUT2D eigenvalue weighted by atomic mass is 10.0. The molecule has 1 aromatic carbocycles. The van der Waals surface area contributed by atoms with Gasteiger partial charge in [0, 0.05) is 9.77 Å². The molecule has 1 saturated heterocycles. The SMILES string of the molecule is CC(C)(S)[C@@H]1NC(=O)N(c2ccc(Cl)cc2)C1=O. The van der Waals surface area contributed by atoms with E-state index < -0.39 is 16.8 Å². The van der Waals surface area contributed by atoms with Crippen LogP contribution >= 0.6 is 24.2 Å². The van der Waals surface area contributed by atoms with E-state index in [0.29, 0.717) is 10.7 Å². The van der Waals surface area contributed by atoms with Gasteiger partial charge in [-0.3, -0.25) is 4.79 Å². The molecule has 0 bridgehead atoms. The van der Waals surface area contributed by atoms with Gasteiger partial charge in [-0.25, -0.2) is 9.69 Å². The molecule has 0 saturated carbocycles. The molecule has 1 heterocycles. The molecule has 0 spiro atoms. The van der Waals surface area contributed by atoms with Crippen LogP contribution in [0, 0.1) is 0 Å². The Morgan fingerprint density at radius 1 is 1.28 bits per heavy atom. The fraction of sp³-hybridized carbons (Fsp3) is 0.333. The van der Waals surface area contributed by atoms with E-state index in [0.717, 1.165) is 4.90 Å². The van der Waals surface area contributed by atoms with Crippen LogP contribution < -0.4 is 10.2 Å². The van der Waals surface area contributed by atoms with Crippen LogP contribution in [0.1, 0.15) is 13.8 Å². The van der Waals surface area contributed by atoms with E-state index in [1.165, 1.54) is 0 Å². The third-order valence-electron chi connectivity index (χ3n) is 2.73. The second-order valence-corrected chi connectivity index (χ2v) is 6.28. The third-order valence-corrected chi connectivity index (χ3v) is 3.24. The summed E-state index contributed by atoms with van der Waals surface area (Å²) >= 11 is 10.1. The van der Waals surface area contributed by atoms with E-state index in [4.69, 9.17) is 11.6 Å². The Balaban J connectivity index is 2.33. The predicted molar refractivity (Wildman–Crippen MR) is 74.3 cm³/mol. The van der Waals surface area contributed by atoms with Crippen molar-refractivity contribution in [1.29, 1.82) is 0 Å². The lowest BCUT2D eigenvalue weighted by molar-refractivity contribution is -0.118. The van der Waals surface area contributed by atoms with Gasteiger partial charge in [0.25, 0.3) is 5.91 Å². The predicted octanol–water partition coefficient (Wildman–Crippen LogP) is 2.47. The zero-order chi connectivity index (χ0) is 13.5. The van der Waals surface area contributed by atoms with Crippen molar-refractivity contribution in [1.82, 2.24) is 5.32 Å². The lowest BCUT2D eigenvalue weighted by Crippen LogP contribution is -2.44. The normalized spacial score (nSPS) is 20.2. The van der Waals surface area contributed by atoms with Crippen molar-refractivity contribution in [3.05, 3.63) is 29.3 Å². The highest BCUT2D eigenvalue weighted by Gasteiger charge is 2.45. The van der Waals surface area contributed by atoms with Gasteiger partial charge in [0.2, 0.25) is 0 Å². The van der Waals surface area contributed by atoms with Gasteiger partial charge in [-0.15, -0.1) is 0 Å². The van der Waals surface area contributed by atoms with E-state index in [9.17, 15) is 9.59 Å². The summed E-state index contributed by atoms with van der Waals surface area (Å²) in [5.74, 6) is -0.303. The Labute approximate surface area is 116 Å². The molecule has 96 valence electrons. The summed E-state index contributed by atoms with van der Waals surface area (Å²) in [6, 6.07) is 5.47. The number of halogens is 1. The average molecular weight is 285 g/mol. The Hall–Kier alpha value is -1.20. The maximum Gasteiger partial charge on any atom is 0.329 e. The van der Waals surface area contributed by atoms with Crippen molar-refractivity contribution < 1.29 is 9.59 Å². The van der Waals surface area contributed by atoms with Crippen LogP contribution in [0.15, 0.2) is 24.3 Å². The van der Waals surface area contributed by atoms with Gasteiger partial charge in [0.15, 0.2) is 0 Å². The summed E-state index contributed by atoms with van der Waals surface area (Å²) < 4.78 is -0.617. The zero-order valence-corrected chi connectivity index (χ0v) is 11.6. The molecule has 1 aromatic rings. The molecule has 4 nitrogen and oxygen atoms in total. The summed E-state index contributed by atoms with van der Waals surface area (Å²) in [4.78, 5) is 25.2. The van der Waals surface area contributed by atoms with Gasteiger partial charge in [-0.05, 0) is 38.1 Å². The quantitative estimate of drug-likeness (QED) is 0.647. The summed E-state index contributed by atoms with van der Waals surface area (Å²) in [6.45, 7) is 3.56. The van der Waals surface area contributed by atoms with E-state index in [-0.39, 0.29) is 5.91 Å². The second-order valence-electron chi connectivity index (χ2n) is 4.69. The minimum Gasteiger partial charge on any atom is -0.324 e. The monoisotopic (exact) mass is 284 g/mol. The van der Waals surface area contributed by atoms with E-state index in [1.807, 2.05) is 0 Å². The molecule has 3 amide bonds. The van der Waals surface area contributed by atoms with Crippen LogP contribution in [0.5, 0.6) is 0 Å². The molecular weight excluding hydrogens is 272 g/mol. The first kappa shape index (κ1) is 13.2. The van der Waals surface area contributed by atoms with Crippen molar-refractivity contribution in [2.24, 2.45) is 0 Å². The first-order valence-corrected chi connectivity index (χ1v) is 6.25.